The van der Waals surface area contributed by atoms with Crippen molar-refractivity contribution in [3.05, 3.63) is 36.3 Å². The summed E-state index contributed by atoms with van der Waals surface area (Å²) in [6, 6.07) is 3.96. The zero-order valence-corrected chi connectivity index (χ0v) is 11.8. The standard InChI is InChI=1S/C12H16N4O2S/c1-9(13-2)10-4-5-12(14-6-10)16-8-11(7-15-16)19(3,17)18/h4-9,13H,1-3H3. The van der Waals surface area contributed by atoms with Crippen molar-refractivity contribution >= 4 is 9.84 Å². The highest BCUT2D eigenvalue weighted by molar-refractivity contribution is 7.90. The molecule has 1 atom stereocenters. The largest absolute Gasteiger partial charge is 0.313 e. The van der Waals surface area contributed by atoms with Gasteiger partial charge in [-0.3, -0.25) is 0 Å². The van der Waals surface area contributed by atoms with E-state index in [1.807, 2.05) is 26.1 Å². The number of sulfone groups is 1. The Morgan fingerprint density at radius 2 is 2.05 bits per heavy atom. The second-order valence-electron chi connectivity index (χ2n) is 4.35. The molecule has 2 heterocycles. The van der Waals surface area contributed by atoms with E-state index in [-0.39, 0.29) is 10.9 Å². The summed E-state index contributed by atoms with van der Waals surface area (Å²) < 4.78 is 24.2. The van der Waals surface area contributed by atoms with E-state index in [2.05, 4.69) is 15.4 Å². The number of aromatic nitrogens is 3. The van der Waals surface area contributed by atoms with Crippen LogP contribution in [0.1, 0.15) is 18.5 Å². The van der Waals surface area contributed by atoms with Crippen LogP contribution < -0.4 is 5.32 Å². The van der Waals surface area contributed by atoms with Crippen molar-refractivity contribution in [3.63, 3.8) is 0 Å². The predicted octanol–water partition coefficient (Wildman–Crippen LogP) is 0.951. The van der Waals surface area contributed by atoms with Crippen LogP contribution in [0.2, 0.25) is 0 Å². The van der Waals surface area contributed by atoms with E-state index in [1.165, 1.54) is 17.1 Å². The monoisotopic (exact) mass is 280 g/mol. The highest BCUT2D eigenvalue weighted by Crippen LogP contribution is 2.14. The van der Waals surface area contributed by atoms with Gasteiger partial charge in [0.05, 0.1) is 12.4 Å². The van der Waals surface area contributed by atoms with Gasteiger partial charge in [-0.25, -0.2) is 18.1 Å². The molecule has 0 saturated carbocycles. The zero-order chi connectivity index (χ0) is 14.0. The maximum Gasteiger partial charge on any atom is 0.178 e. The Balaban J connectivity index is 2.30. The molecular formula is C12H16N4O2S. The van der Waals surface area contributed by atoms with Gasteiger partial charge in [-0.15, -0.1) is 0 Å². The summed E-state index contributed by atoms with van der Waals surface area (Å²) in [5.41, 5.74) is 1.06. The molecule has 2 aromatic heterocycles. The molecule has 0 amide bonds. The van der Waals surface area contributed by atoms with E-state index < -0.39 is 9.84 Å². The molecule has 2 rings (SSSR count). The Labute approximate surface area is 112 Å². The molecule has 1 N–H and O–H groups in total. The minimum absolute atomic E-state index is 0.182. The summed E-state index contributed by atoms with van der Waals surface area (Å²) in [6.07, 6.45) is 5.68. The highest BCUT2D eigenvalue weighted by atomic mass is 32.2. The highest BCUT2D eigenvalue weighted by Gasteiger charge is 2.11. The average molecular weight is 280 g/mol. The number of hydrogen-bond acceptors (Lipinski definition) is 5. The smallest absolute Gasteiger partial charge is 0.178 e. The predicted molar refractivity (Wildman–Crippen MR) is 71.9 cm³/mol. The molecule has 0 radical (unpaired) electrons. The van der Waals surface area contributed by atoms with Crippen LogP contribution in [0.5, 0.6) is 0 Å². The Kier molecular flexibility index (Phi) is 3.68. The van der Waals surface area contributed by atoms with Gasteiger partial charge in [-0.2, -0.15) is 5.10 Å². The van der Waals surface area contributed by atoms with E-state index >= 15 is 0 Å². The number of nitrogens with one attached hydrogen (secondary N) is 1. The molecule has 0 aliphatic heterocycles. The van der Waals surface area contributed by atoms with Gasteiger partial charge in [0.1, 0.15) is 4.90 Å². The third-order valence-corrected chi connectivity index (χ3v) is 3.99. The minimum atomic E-state index is -3.24. The normalized spacial score (nSPS) is 13.4. The van der Waals surface area contributed by atoms with Crippen LogP contribution >= 0.6 is 0 Å². The summed E-state index contributed by atoms with van der Waals surface area (Å²) in [5.74, 6) is 0.585. The number of hydrogen-bond donors (Lipinski definition) is 1. The van der Waals surface area contributed by atoms with E-state index in [1.54, 1.807) is 6.20 Å². The Morgan fingerprint density at radius 1 is 1.32 bits per heavy atom. The van der Waals surface area contributed by atoms with Gasteiger partial charge < -0.3 is 5.32 Å². The Bertz CT molecular complexity index is 661. The molecule has 0 aliphatic rings. The van der Waals surface area contributed by atoms with Gasteiger partial charge in [-0.1, -0.05) is 6.07 Å². The lowest BCUT2D eigenvalue weighted by Gasteiger charge is -2.10. The zero-order valence-electron chi connectivity index (χ0n) is 11.0. The first kappa shape index (κ1) is 13.7. The summed E-state index contributed by atoms with van der Waals surface area (Å²) in [4.78, 5) is 4.46. The lowest BCUT2D eigenvalue weighted by atomic mass is 10.1. The number of rotatable bonds is 4. The van der Waals surface area contributed by atoms with Crippen molar-refractivity contribution in [1.82, 2.24) is 20.1 Å². The lowest BCUT2D eigenvalue weighted by Crippen LogP contribution is -2.12. The topological polar surface area (TPSA) is 76.9 Å². The molecule has 0 bridgehead atoms. The molecule has 0 aliphatic carbocycles. The molecule has 6 nitrogen and oxygen atoms in total. The van der Waals surface area contributed by atoms with Crippen LogP contribution in [-0.2, 0) is 9.84 Å². The summed E-state index contributed by atoms with van der Waals surface area (Å²) in [7, 11) is -1.36. The van der Waals surface area contributed by atoms with Crippen molar-refractivity contribution in [3.8, 4) is 5.82 Å². The van der Waals surface area contributed by atoms with Gasteiger partial charge >= 0.3 is 0 Å². The Hall–Kier alpha value is -1.73. The minimum Gasteiger partial charge on any atom is -0.313 e. The molecule has 1 unspecified atom stereocenters. The third kappa shape index (κ3) is 2.99. The summed E-state index contributed by atoms with van der Waals surface area (Å²) >= 11 is 0. The van der Waals surface area contributed by atoms with Gasteiger partial charge in [-0.05, 0) is 25.6 Å². The fourth-order valence-corrected chi connectivity index (χ4v) is 2.11. The van der Waals surface area contributed by atoms with E-state index in [4.69, 9.17) is 0 Å². The molecule has 0 spiro atoms. The Morgan fingerprint density at radius 3 is 2.53 bits per heavy atom. The first-order chi connectivity index (χ1) is 8.91. The van der Waals surface area contributed by atoms with E-state index in [0.717, 1.165) is 11.8 Å². The van der Waals surface area contributed by atoms with Gasteiger partial charge in [0.25, 0.3) is 0 Å². The van der Waals surface area contributed by atoms with Crippen LogP contribution in [-0.4, -0.2) is 36.5 Å². The fraction of sp³-hybridized carbons (Fsp3) is 0.333. The van der Waals surface area contributed by atoms with Crippen LogP contribution in [0.25, 0.3) is 5.82 Å². The van der Waals surface area contributed by atoms with Crippen LogP contribution in [0.4, 0.5) is 0 Å². The molecule has 0 fully saturated rings. The summed E-state index contributed by atoms with van der Waals surface area (Å²) in [5, 5.41) is 7.13. The quantitative estimate of drug-likeness (QED) is 0.902. The molecule has 102 valence electrons. The molecule has 2 aromatic rings. The van der Waals surface area contributed by atoms with Gasteiger partial charge in [0.2, 0.25) is 0 Å². The van der Waals surface area contributed by atoms with E-state index in [9.17, 15) is 8.42 Å². The second kappa shape index (κ2) is 5.10. The van der Waals surface area contributed by atoms with E-state index in [0.29, 0.717) is 5.82 Å². The number of nitrogens with zero attached hydrogens (tertiary/aromatic N) is 3. The maximum absolute atomic E-state index is 11.4. The van der Waals surface area contributed by atoms with Crippen LogP contribution in [0.15, 0.2) is 35.6 Å². The summed E-state index contributed by atoms with van der Waals surface area (Å²) in [6.45, 7) is 2.03. The van der Waals surface area contributed by atoms with Gasteiger partial charge in [0, 0.05) is 18.5 Å². The molecule has 19 heavy (non-hydrogen) atoms. The molecule has 0 aromatic carbocycles. The number of pyridine rings is 1. The first-order valence-electron chi connectivity index (χ1n) is 5.80. The molecule has 7 heteroatoms. The van der Waals surface area contributed by atoms with Crippen molar-refractivity contribution in [1.29, 1.82) is 0 Å². The van der Waals surface area contributed by atoms with Crippen molar-refractivity contribution in [2.45, 2.75) is 17.9 Å². The molecular weight excluding hydrogens is 264 g/mol. The lowest BCUT2D eigenvalue weighted by molar-refractivity contribution is 0.602. The van der Waals surface area contributed by atoms with Crippen molar-refractivity contribution in [2.24, 2.45) is 0 Å². The first-order valence-corrected chi connectivity index (χ1v) is 7.69. The van der Waals surface area contributed by atoms with Crippen LogP contribution in [0, 0.1) is 0 Å². The second-order valence-corrected chi connectivity index (χ2v) is 6.37. The fourth-order valence-electron chi connectivity index (χ4n) is 1.58. The van der Waals surface area contributed by atoms with Crippen molar-refractivity contribution < 1.29 is 8.42 Å². The van der Waals surface area contributed by atoms with Crippen molar-refractivity contribution in [2.75, 3.05) is 13.3 Å². The van der Waals surface area contributed by atoms with Crippen LogP contribution in [0.3, 0.4) is 0 Å². The van der Waals surface area contributed by atoms with Gasteiger partial charge in [0.15, 0.2) is 15.7 Å². The molecule has 0 saturated heterocycles. The third-order valence-electron chi connectivity index (χ3n) is 2.93. The maximum atomic E-state index is 11.4. The average Bonchev–Trinajstić information content (AvgIpc) is 2.87. The SMILES string of the molecule is CNC(C)c1ccc(-n2cc(S(C)(=O)=O)cn2)nc1.